The van der Waals surface area contributed by atoms with Gasteiger partial charge < -0.3 is 19.5 Å². The van der Waals surface area contributed by atoms with Crippen LogP contribution in [0, 0.1) is 43.4 Å². The van der Waals surface area contributed by atoms with Crippen molar-refractivity contribution in [1.82, 2.24) is 20.1 Å². The summed E-state index contributed by atoms with van der Waals surface area (Å²) in [4.78, 5) is 17.9. The van der Waals surface area contributed by atoms with Crippen molar-refractivity contribution in [3.63, 3.8) is 0 Å². The lowest BCUT2D eigenvalue weighted by atomic mass is 10.2. The summed E-state index contributed by atoms with van der Waals surface area (Å²) < 4.78 is 5.09. The predicted octanol–water partition coefficient (Wildman–Crippen LogP) is 3.89. The Morgan fingerprint density at radius 3 is 1.94 bits per heavy atom. The molecular weight excluding hydrogens is 478 g/mol. The van der Waals surface area contributed by atoms with E-state index in [1.807, 2.05) is 19.3 Å². The van der Waals surface area contributed by atoms with Gasteiger partial charge in [0, 0.05) is 56.6 Å². The van der Waals surface area contributed by atoms with E-state index in [4.69, 9.17) is 21.3 Å². The zero-order valence-electron chi connectivity index (χ0n) is 20.4. The Morgan fingerprint density at radius 2 is 1.50 bits per heavy atom. The summed E-state index contributed by atoms with van der Waals surface area (Å²) in [5.41, 5.74) is 2.38. The molecule has 4 fully saturated rings. The first-order valence-corrected chi connectivity index (χ1v) is 13.0. The first kappa shape index (κ1) is 23.2. The molecule has 0 bridgehead atoms. The van der Waals surface area contributed by atoms with Gasteiger partial charge >= 0.3 is 0 Å². The molecule has 0 spiro atoms. The van der Waals surface area contributed by atoms with Gasteiger partial charge in [-0.25, -0.2) is 9.97 Å². The van der Waals surface area contributed by atoms with E-state index < -0.39 is 0 Å². The third kappa shape index (κ3) is 4.40. The van der Waals surface area contributed by atoms with E-state index in [9.17, 15) is 0 Å². The average Bonchev–Trinajstić information content (AvgIpc) is 3.43. The summed E-state index contributed by atoms with van der Waals surface area (Å²) in [7, 11) is 0. The molecule has 5 heterocycles. The molecular formula is C26H30ClN7O2. The van der Waals surface area contributed by atoms with Crippen LogP contribution < -0.4 is 9.80 Å². The molecule has 2 aliphatic carbocycles. The van der Waals surface area contributed by atoms with Crippen LogP contribution in [0.2, 0.25) is 0 Å². The maximum absolute atomic E-state index is 8.49. The fourth-order valence-corrected chi connectivity index (χ4v) is 6.01. The van der Waals surface area contributed by atoms with E-state index in [1.165, 1.54) is 11.1 Å². The summed E-state index contributed by atoms with van der Waals surface area (Å²) in [5, 5.41) is 15.7. The molecule has 0 radical (unpaired) electrons. The second-order valence-corrected chi connectivity index (χ2v) is 10.7. The number of aryl methyl sites for hydroxylation is 2. The van der Waals surface area contributed by atoms with Crippen molar-refractivity contribution in [3.8, 4) is 0 Å². The van der Waals surface area contributed by atoms with Gasteiger partial charge in [-0.15, -0.1) is 16.8 Å². The quantitative estimate of drug-likeness (QED) is 0.240. The minimum atomic E-state index is 0.286. The lowest BCUT2D eigenvalue weighted by Gasteiger charge is -2.20. The number of fused-ring (bicyclic) bond motifs is 2. The molecule has 4 aliphatic rings. The Kier molecular flexibility index (Phi) is 6.03. The molecule has 2 aliphatic heterocycles. The average molecular weight is 508 g/mol. The van der Waals surface area contributed by atoms with Gasteiger partial charge in [-0.3, -0.25) is 0 Å². The largest absolute Gasteiger partial charge is 0.411 e. The monoisotopic (exact) mass is 507 g/mol. The fourth-order valence-electron chi connectivity index (χ4n) is 5.91. The van der Waals surface area contributed by atoms with E-state index in [-0.39, 0.29) is 5.88 Å². The summed E-state index contributed by atoms with van der Waals surface area (Å²) in [6.45, 7) is 8.23. The van der Waals surface area contributed by atoms with Crippen molar-refractivity contribution in [2.45, 2.75) is 25.6 Å². The SMILES string of the molecule is Cc1ccc(N2C[C@@H]3C(/C=N/O)[C@@H]3C2)nc1.Cc1ccc(N2C[C@@H]3C(c4noc(CCl)n4)[C@@H]3C2)nc1. The lowest BCUT2D eigenvalue weighted by molar-refractivity contribution is 0.319. The van der Waals surface area contributed by atoms with Gasteiger partial charge in [-0.2, -0.15) is 4.98 Å². The van der Waals surface area contributed by atoms with Gasteiger partial charge in [0.05, 0.1) is 0 Å². The maximum atomic E-state index is 8.49. The molecule has 188 valence electrons. The van der Waals surface area contributed by atoms with Crippen molar-refractivity contribution < 1.29 is 9.73 Å². The second-order valence-electron chi connectivity index (χ2n) is 10.4. The zero-order chi connectivity index (χ0) is 24.8. The van der Waals surface area contributed by atoms with E-state index in [2.05, 4.69) is 66.3 Å². The van der Waals surface area contributed by atoms with Crippen molar-refractivity contribution in [3.05, 3.63) is 59.5 Å². The van der Waals surface area contributed by atoms with Gasteiger partial charge in [0.25, 0.3) is 0 Å². The van der Waals surface area contributed by atoms with Crippen molar-refractivity contribution in [2.24, 2.45) is 34.7 Å². The van der Waals surface area contributed by atoms with Gasteiger partial charge in [-0.05, 0) is 60.8 Å². The Labute approximate surface area is 215 Å². The van der Waals surface area contributed by atoms with E-state index in [1.54, 1.807) is 6.21 Å². The Morgan fingerprint density at radius 1 is 0.944 bits per heavy atom. The zero-order valence-corrected chi connectivity index (χ0v) is 21.2. The molecule has 2 saturated heterocycles. The lowest BCUT2D eigenvalue weighted by Crippen LogP contribution is -2.25. The van der Waals surface area contributed by atoms with E-state index >= 15 is 0 Å². The highest BCUT2D eigenvalue weighted by molar-refractivity contribution is 6.16. The molecule has 7 rings (SSSR count). The normalized spacial score (nSPS) is 29.6. The molecule has 36 heavy (non-hydrogen) atoms. The highest BCUT2D eigenvalue weighted by atomic mass is 35.5. The number of hydrogen-bond donors (Lipinski definition) is 1. The number of piperidine rings is 2. The molecule has 3 aromatic heterocycles. The topological polar surface area (TPSA) is 104 Å². The molecule has 0 aromatic carbocycles. The molecule has 2 saturated carbocycles. The first-order valence-electron chi connectivity index (χ1n) is 12.5. The van der Waals surface area contributed by atoms with Gasteiger partial charge in [0.1, 0.15) is 17.5 Å². The van der Waals surface area contributed by atoms with Gasteiger partial charge in [0.15, 0.2) is 5.82 Å². The number of oxime groups is 1. The molecule has 9 nitrogen and oxygen atoms in total. The van der Waals surface area contributed by atoms with E-state index in [0.717, 1.165) is 43.6 Å². The minimum Gasteiger partial charge on any atom is -0.411 e. The summed E-state index contributed by atoms with van der Waals surface area (Å²) >= 11 is 5.69. The van der Waals surface area contributed by atoms with Crippen LogP contribution in [0.5, 0.6) is 0 Å². The van der Waals surface area contributed by atoms with Crippen molar-refractivity contribution in [2.75, 3.05) is 36.0 Å². The van der Waals surface area contributed by atoms with E-state index in [0.29, 0.717) is 41.4 Å². The number of halogens is 1. The molecule has 6 atom stereocenters. The molecule has 3 aromatic rings. The maximum Gasteiger partial charge on any atom is 0.241 e. The number of hydrogen-bond acceptors (Lipinski definition) is 9. The summed E-state index contributed by atoms with van der Waals surface area (Å²) in [5.74, 6) is 7.28. The highest BCUT2D eigenvalue weighted by Gasteiger charge is 2.58. The number of aromatic nitrogens is 4. The first-order chi connectivity index (χ1) is 17.6. The van der Waals surface area contributed by atoms with Crippen LogP contribution in [-0.4, -0.2) is 57.7 Å². The standard InChI is InChI=1S/C14H15ClN4O.C12H15N3O/c1-8-2-3-11(16-5-8)19-6-9-10(7-19)13(9)14-17-12(4-15)20-18-14;1-8-2-3-12(13-4-8)15-6-10-9(5-14-16)11(10)7-15/h2-3,5,9-10,13H,4,6-7H2,1H3;2-5,9-11,16H,6-7H2,1H3/b;14-5+/t9-,10+,13?;9?,10-,11+. The van der Waals surface area contributed by atoms with Crippen LogP contribution in [0.1, 0.15) is 28.8 Å². The Bertz CT molecular complexity index is 1210. The van der Waals surface area contributed by atoms with Crippen LogP contribution in [0.3, 0.4) is 0 Å². The van der Waals surface area contributed by atoms with Crippen molar-refractivity contribution >= 4 is 29.5 Å². The number of rotatable bonds is 5. The van der Waals surface area contributed by atoms with Crippen LogP contribution in [-0.2, 0) is 5.88 Å². The molecule has 10 heteroatoms. The number of pyridine rings is 2. The summed E-state index contributed by atoms with van der Waals surface area (Å²) in [6, 6.07) is 8.37. The van der Waals surface area contributed by atoms with Gasteiger partial charge in [-0.1, -0.05) is 17.3 Å². The van der Waals surface area contributed by atoms with Crippen LogP contribution in [0.4, 0.5) is 11.6 Å². The predicted molar refractivity (Wildman–Crippen MR) is 137 cm³/mol. The third-order valence-electron chi connectivity index (χ3n) is 8.03. The number of alkyl halides is 1. The smallest absolute Gasteiger partial charge is 0.241 e. The van der Waals surface area contributed by atoms with Crippen LogP contribution >= 0.6 is 11.6 Å². The molecule has 0 amide bonds. The second kappa shape index (κ2) is 9.35. The molecule has 2 unspecified atom stereocenters. The molecule has 1 N–H and O–H groups in total. The number of anilines is 2. The van der Waals surface area contributed by atoms with Gasteiger partial charge in [0.2, 0.25) is 5.89 Å². The number of nitrogens with zero attached hydrogens (tertiary/aromatic N) is 7. The Hall–Kier alpha value is -3.20. The highest BCUT2D eigenvalue weighted by Crippen LogP contribution is 2.57. The van der Waals surface area contributed by atoms with Crippen LogP contribution in [0.25, 0.3) is 0 Å². The minimum absolute atomic E-state index is 0.286. The van der Waals surface area contributed by atoms with Crippen LogP contribution in [0.15, 0.2) is 46.3 Å². The Balaban J connectivity index is 0.000000137. The summed E-state index contributed by atoms with van der Waals surface area (Å²) in [6.07, 6.45) is 5.50. The third-order valence-corrected chi connectivity index (χ3v) is 8.26. The fraction of sp³-hybridized carbons (Fsp3) is 0.500. The van der Waals surface area contributed by atoms with Crippen molar-refractivity contribution in [1.29, 1.82) is 0 Å².